The van der Waals surface area contributed by atoms with Gasteiger partial charge in [-0.2, -0.15) is 5.10 Å². The molecule has 0 bridgehead atoms. The number of carbonyl (C=O) groups excluding carboxylic acids is 1. The fraction of sp³-hybridized carbons (Fsp3) is 0.636. The Labute approximate surface area is 107 Å². The van der Waals surface area contributed by atoms with E-state index in [2.05, 4.69) is 29.4 Å². The smallest absolute Gasteiger partial charge is 0.274 e. The average molecular weight is 259 g/mol. The number of aryl methyl sites for hydroxylation is 1. The molecule has 1 aromatic heterocycles. The summed E-state index contributed by atoms with van der Waals surface area (Å²) >= 11 is 0. The van der Waals surface area contributed by atoms with Crippen molar-refractivity contribution in [3.63, 3.8) is 0 Å². The second kappa shape index (κ2) is 5.51. The molecule has 2 heterocycles. The topological polar surface area (TPSA) is 61.0 Å². The van der Waals surface area contributed by atoms with E-state index in [1.54, 1.807) is 6.07 Å². The van der Waals surface area contributed by atoms with Crippen molar-refractivity contribution in [2.45, 2.75) is 32.9 Å². The van der Waals surface area contributed by atoms with Crippen LogP contribution in [0.25, 0.3) is 0 Å². The number of hydrogen-bond acceptors (Lipinski definition) is 3. The van der Waals surface area contributed by atoms with Crippen LogP contribution >= 0.6 is 12.4 Å². The van der Waals surface area contributed by atoms with Crippen LogP contribution in [0, 0.1) is 6.92 Å². The van der Waals surface area contributed by atoms with Gasteiger partial charge in [-0.25, -0.2) is 0 Å². The van der Waals surface area contributed by atoms with E-state index in [1.807, 2.05) is 11.8 Å². The third-order valence-electron chi connectivity index (χ3n) is 3.22. The second-order valence-electron chi connectivity index (χ2n) is 4.42. The van der Waals surface area contributed by atoms with Gasteiger partial charge in [0.1, 0.15) is 5.69 Å². The maximum atomic E-state index is 12.2. The number of nitrogens with zero attached hydrogens (tertiary/aromatic N) is 2. The molecule has 1 fully saturated rings. The summed E-state index contributed by atoms with van der Waals surface area (Å²) in [5.41, 5.74) is 1.43. The lowest BCUT2D eigenvalue weighted by atomic mass is 10.1. The Hall–Kier alpha value is -1.07. The van der Waals surface area contributed by atoms with Gasteiger partial charge in [-0.05, 0) is 26.8 Å². The Morgan fingerprint density at radius 2 is 2.24 bits per heavy atom. The molecule has 5 nitrogen and oxygen atoms in total. The summed E-state index contributed by atoms with van der Waals surface area (Å²) in [4.78, 5) is 14.1. The molecule has 2 rings (SSSR count). The third-order valence-corrected chi connectivity index (χ3v) is 3.22. The molecule has 17 heavy (non-hydrogen) atoms. The van der Waals surface area contributed by atoms with Gasteiger partial charge in [0.25, 0.3) is 5.91 Å². The van der Waals surface area contributed by atoms with Gasteiger partial charge >= 0.3 is 0 Å². The second-order valence-corrected chi connectivity index (χ2v) is 4.42. The molecule has 1 aliphatic rings. The summed E-state index contributed by atoms with van der Waals surface area (Å²) in [7, 11) is 0. The van der Waals surface area contributed by atoms with E-state index in [-0.39, 0.29) is 24.4 Å². The molecule has 1 aromatic rings. The van der Waals surface area contributed by atoms with Crippen molar-refractivity contribution in [3.8, 4) is 0 Å². The number of halogens is 1. The fourth-order valence-electron chi connectivity index (χ4n) is 2.02. The molecular weight excluding hydrogens is 240 g/mol. The number of nitrogens with one attached hydrogen (secondary N) is 2. The first-order valence-electron chi connectivity index (χ1n) is 5.66. The summed E-state index contributed by atoms with van der Waals surface area (Å²) in [5.74, 6) is 0.0187. The summed E-state index contributed by atoms with van der Waals surface area (Å²) in [6.07, 6.45) is 0. The van der Waals surface area contributed by atoms with Crippen LogP contribution in [-0.2, 0) is 0 Å². The largest absolute Gasteiger partial charge is 0.332 e. The van der Waals surface area contributed by atoms with Crippen LogP contribution in [0.15, 0.2) is 6.07 Å². The average Bonchev–Trinajstić information content (AvgIpc) is 2.68. The zero-order valence-electron chi connectivity index (χ0n) is 10.4. The Kier molecular flexibility index (Phi) is 4.54. The number of carbonyl (C=O) groups is 1. The molecule has 1 aliphatic heterocycles. The van der Waals surface area contributed by atoms with Gasteiger partial charge in [0.15, 0.2) is 0 Å². The Morgan fingerprint density at radius 1 is 1.53 bits per heavy atom. The van der Waals surface area contributed by atoms with Crippen molar-refractivity contribution in [2.24, 2.45) is 0 Å². The number of hydrogen-bond donors (Lipinski definition) is 2. The Morgan fingerprint density at radius 3 is 2.82 bits per heavy atom. The predicted octanol–water partition coefficient (Wildman–Crippen LogP) is 0.962. The highest BCUT2D eigenvalue weighted by Crippen LogP contribution is 2.12. The predicted molar refractivity (Wildman–Crippen MR) is 68.5 cm³/mol. The minimum atomic E-state index is 0. The van der Waals surface area contributed by atoms with Crippen LogP contribution in [-0.4, -0.2) is 46.2 Å². The first-order valence-corrected chi connectivity index (χ1v) is 5.66. The number of H-pyrrole nitrogens is 1. The van der Waals surface area contributed by atoms with E-state index in [0.29, 0.717) is 11.7 Å². The van der Waals surface area contributed by atoms with Crippen LogP contribution < -0.4 is 5.32 Å². The number of aromatic amines is 1. The molecule has 2 N–H and O–H groups in total. The van der Waals surface area contributed by atoms with Gasteiger partial charge in [0.2, 0.25) is 0 Å². The highest BCUT2D eigenvalue weighted by atomic mass is 35.5. The van der Waals surface area contributed by atoms with E-state index < -0.39 is 0 Å². The Balaban J connectivity index is 0.00000144. The maximum absolute atomic E-state index is 12.2. The van der Waals surface area contributed by atoms with Crippen molar-refractivity contribution in [1.29, 1.82) is 0 Å². The monoisotopic (exact) mass is 258 g/mol. The lowest BCUT2D eigenvalue weighted by Crippen LogP contribution is -2.57. The molecule has 1 saturated heterocycles. The molecular formula is C11H19ClN4O. The van der Waals surface area contributed by atoms with Gasteiger partial charge < -0.3 is 10.2 Å². The van der Waals surface area contributed by atoms with Crippen LogP contribution in [0.4, 0.5) is 0 Å². The zero-order valence-corrected chi connectivity index (χ0v) is 11.2. The molecule has 0 aromatic carbocycles. The van der Waals surface area contributed by atoms with Crippen LogP contribution in [0.5, 0.6) is 0 Å². The van der Waals surface area contributed by atoms with Crippen molar-refractivity contribution in [1.82, 2.24) is 20.4 Å². The highest BCUT2D eigenvalue weighted by molar-refractivity contribution is 5.92. The zero-order chi connectivity index (χ0) is 11.7. The van der Waals surface area contributed by atoms with Gasteiger partial charge in [0.05, 0.1) is 0 Å². The highest BCUT2D eigenvalue weighted by Gasteiger charge is 2.29. The molecule has 2 atom stereocenters. The van der Waals surface area contributed by atoms with Crippen molar-refractivity contribution in [2.75, 3.05) is 13.1 Å². The normalized spacial score (nSPS) is 24.3. The lowest BCUT2D eigenvalue weighted by molar-refractivity contribution is 0.0597. The first-order chi connectivity index (χ1) is 7.59. The molecule has 0 saturated carbocycles. The maximum Gasteiger partial charge on any atom is 0.274 e. The van der Waals surface area contributed by atoms with Gasteiger partial charge in [-0.3, -0.25) is 9.89 Å². The van der Waals surface area contributed by atoms with E-state index in [1.165, 1.54) is 0 Å². The standard InChI is InChI=1S/C11H18N4O.ClH/c1-7-6-10(14-13-7)11(16)15-5-4-12-8(2)9(15)3;/h6,8-9,12H,4-5H2,1-3H3,(H,13,14);1H. The molecule has 0 radical (unpaired) electrons. The van der Waals surface area contributed by atoms with E-state index in [9.17, 15) is 4.79 Å². The number of aromatic nitrogens is 2. The number of rotatable bonds is 1. The lowest BCUT2D eigenvalue weighted by Gasteiger charge is -2.38. The summed E-state index contributed by atoms with van der Waals surface area (Å²) < 4.78 is 0. The fourth-order valence-corrected chi connectivity index (χ4v) is 2.02. The molecule has 1 amide bonds. The number of amides is 1. The van der Waals surface area contributed by atoms with Crippen molar-refractivity contribution in [3.05, 3.63) is 17.5 Å². The Bertz CT molecular complexity index is 393. The molecule has 6 heteroatoms. The molecule has 0 aliphatic carbocycles. The van der Waals surface area contributed by atoms with Gasteiger partial charge in [-0.15, -0.1) is 12.4 Å². The molecule has 96 valence electrons. The molecule has 0 spiro atoms. The van der Waals surface area contributed by atoms with Crippen LogP contribution in [0.2, 0.25) is 0 Å². The van der Waals surface area contributed by atoms with E-state index in [0.717, 1.165) is 18.8 Å². The SMILES string of the molecule is Cc1cc(C(=O)N2CCNC(C)C2C)n[nH]1.Cl. The van der Waals surface area contributed by atoms with Gasteiger partial charge in [0, 0.05) is 30.9 Å². The number of piperazine rings is 1. The molecule has 2 unspecified atom stereocenters. The first kappa shape index (κ1) is 14.0. The minimum Gasteiger partial charge on any atom is -0.332 e. The summed E-state index contributed by atoms with van der Waals surface area (Å²) in [5, 5.41) is 10.2. The summed E-state index contributed by atoms with van der Waals surface area (Å²) in [6, 6.07) is 2.33. The van der Waals surface area contributed by atoms with E-state index >= 15 is 0 Å². The minimum absolute atomic E-state index is 0. The quantitative estimate of drug-likeness (QED) is 0.789. The van der Waals surface area contributed by atoms with Gasteiger partial charge in [-0.1, -0.05) is 0 Å². The van der Waals surface area contributed by atoms with Crippen molar-refractivity contribution < 1.29 is 4.79 Å². The third kappa shape index (κ3) is 2.79. The van der Waals surface area contributed by atoms with Crippen LogP contribution in [0.1, 0.15) is 30.0 Å². The van der Waals surface area contributed by atoms with Crippen LogP contribution in [0.3, 0.4) is 0 Å². The van der Waals surface area contributed by atoms with E-state index in [4.69, 9.17) is 0 Å². The summed E-state index contributed by atoms with van der Waals surface area (Å²) in [6.45, 7) is 7.65. The van der Waals surface area contributed by atoms with Crippen molar-refractivity contribution >= 4 is 18.3 Å².